The summed E-state index contributed by atoms with van der Waals surface area (Å²) in [6.45, 7) is -1.08. The number of hydrogen-bond acceptors (Lipinski definition) is 8. The molecular weight excluding hydrogens is 568 g/mol. The molecule has 1 aliphatic rings. The van der Waals surface area contributed by atoms with Gasteiger partial charge in [0.25, 0.3) is 5.91 Å². The van der Waals surface area contributed by atoms with Crippen molar-refractivity contribution in [1.82, 2.24) is 44.8 Å². The van der Waals surface area contributed by atoms with Crippen LogP contribution < -0.4 is 0 Å². The molecule has 1 amide bonds. The van der Waals surface area contributed by atoms with E-state index in [1.54, 1.807) is 21.8 Å². The average Bonchev–Trinajstić information content (AvgIpc) is 3.82. The highest BCUT2D eigenvalue weighted by Gasteiger charge is 2.32. The molecule has 1 atom stereocenters. The molecule has 222 valence electrons. The Hall–Kier alpha value is -5.30. The third-order valence-electron chi connectivity index (χ3n) is 7.76. The van der Waals surface area contributed by atoms with Gasteiger partial charge in [0.1, 0.15) is 17.0 Å². The van der Waals surface area contributed by atoms with E-state index < -0.39 is 12.6 Å². The summed E-state index contributed by atoms with van der Waals surface area (Å²) in [5, 5.41) is 16.6. The molecule has 1 fully saturated rings. The second kappa shape index (κ2) is 11.4. The predicted octanol–water partition coefficient (Wildman–Crippen LogP) is 4.82. The summed E-state index contributed by atoms with van der Waals surface area (Å²) in [7, 11) is 1.88. The second-order valence-corrected chi connectivity index (χ2v) is 10.6. The molecule has 5 heterocycles. The van der Waals surface area contributed by atoms with Gasteiger partial charge in [0.2, 0.25) is 0 Å². The average molecular weight is 596 g/mol. The van der Waals surface area contributed by atoms with E-state index in [4.69, 9.17) is 4.42 Å². The normalized spacial score (nSPS) is 14.9. The van der Waals surface area contributed by atoms with E-state index in [1.165, 1.54) is 0 Å². The van der Waals surface area contributed by atoms with Crippen LogP contribution in [0.4, 0.5) is 8.78 Å². The van der Waals surface area contributed by atoms with Crippen molar-refractivity contribution in [3.05, 3.63) is 102 Å². The summed E-state index contributed by atoms with van der Waals surface area (Å²) >= 11 is 0. The number of rotatable bonds is 7. The molecule has 0 radical (unpaired) electrons. The third-order valence-corrected chi connectivity index (χ3v) is 7.76. The Morgan fingerprint density at radius 2 is 1.75 bits per heavy atom. The molecule has 1 saturated heterocycles. The molecule has 4 aromatic heterocycles. The zero-order valence-corrected chi connectivity index (χ0v) is 23.7. The first-order valence-corrected chi connectivity index (χ1v) is 14.1. The summed E-state index contributed by atoms with van der Waals surface area (Å²) < 4.78 is 34.3. The summed E-state index contributed by atoms with van der Waals surface area (Å²) in [6.07, 6.45) is 5.38. The third kappa shape index (κ3) is 5.33. The van der Waals surface area contributed by atoms with Gasteiger partial charge >= 0.3 is 6.55 Å². The number of amides is 1. The van der Waals surface area contributed by atoms with E-state index in [2.05, 4.69) is 36.5 Å². The van der Waals surface area contributed by atoms with Crippen LogP contribution in [0.3, 0.4) is 0 Å². The molecule has 11 nitrogen and oxygen atoms in total. The molecule has 6 aromatic rings. The lowest BCUT2D eigenvalue weighted by Gasteiger charge is -2.38. The van der Waals surface area contributed by atoms with E-state index in [-0.39, 0.29) is 11.7 Å². The minimum atomic E-state index is -2.88. The van der Waals surface area contributed by atoms with Crippen LogP contribution in [-0.2, 0) is 7.05 Å². The predicted molar refractivity (Wildman–Crippen MR) is 156 cm³/mol. The van der Waals surface area contributed by atoms with Gasteiger partial charge in [0.15, 0.2) is 5.82 Å². The zero-order valence-electron chi connectivity index (χ0n) is 23.7. The highest BCUT2D eigenvalue weighted by atomic mass is 19.3. The molecular formula is C31H27F2N9O2. The molecule has 7 rings (SSSR count). The van der Waals surface area contributed by atoms with Crippen molar-refractivity contribution in [2.75, 3.05) is 26.2 Å². The molecule has 13 heteroatoms. The Kier molecular flexibility index (Phi) is 7.14. The van der Waals surface area contributed by atoms with Crippen LogP contribution in [0.25, 0.3) is 33.4 Å². The Morgan fingerprint density at radius 3 is 2.48 bits per heavy atom. The van der Waals surface area contributed by atoms with Gasteiger partial charge in [-0.05, 0) is 46.7 Å². The van der Waals surface area contributed by atoms with Gasteiger partial charge < -0.3 is 9.32 Å². The highest BCUT2D eigenvalue weighted by Crippen LogP contribution is 2.32. The minimum Gasteiger partial charge on any atom is -0.456 e. The lowest BCUT2D eigenvalue weighted by molar-refractivity contribution is 0.0385. The zero-order chi connectivity index (χ0) is 30.2. The van der Waals surface area contributed by atoms with Crippen LogP contribution in [0, 0.1) is 0 Å². The number of aryl methyl sites for hydroxylation is 1. The maximum absolute atomic E-state index is 13.5. The molecule has 1 aliphatic heterocycles. The van der Waals surface area contributed by atoms with Gasteiger partial charge in [-0.3, -0.25) is 19.4 Å². The number of benzene rings is 2. The fourth-order valence-corrected chi connectivity index (χ4v) is 5.57. The maximum atomic E-state index is 13.5. The van der Waals surface area contributed by atoms with Gasteiger partial charge in [0.05, 0.1) is 12.2 Å². The standard InChI is InChI=1S/C31H27F2N9O2/c1-39-19-24(18-35-39)21-7-8-26-23(15-21)17-27(44-26)22-9-10-34-25(16-22)30(43)41-13-11-40(12-14-41)28(20-5-3-2-4-6-20)29-36-38-42(37-29)31(32)33/h2-10,15-19,28,31H,11-14H2,1H3. The van der Waals surface area contributed by atoms with Gasteiger partial charge in [0, 0.05) is 62.1 Å². The number of fused-ring (bicyclic) bond motifs is 1. The Balaban J connectivity index is 1.08. The summed E-state index contributed by atoms with van der Waals surface area (Å²) in [6, 6.07) is 20.5. The van der Waals surface area contributed by atoms with Gasteiger partial charge in [-0.2, -0.15) is 13.9 Å². The van der Waals surface area contributed by atoms with Crippen molar-refractivity contribution < 1.29 is 18.0 Å². The lowest BCUT2D eigenvalue weighted by Crippen LogP contribution is -2.50. The first-order valence-electron chi connectivity index (χ1n) is 14.1. The summed E-state index contributed by atoms with van der Waals surface area (Å²) in [4.78, 5) is 22.0. The lowest BCUT2D eigenvalue weighted by atomic mass is 10.0. The highest BCUT2D eigenvalue weighted by molar-refractivity contribution is 5.94. The number of halogens is 2. The number of piperazine rings is 1. The van der Waals surface area contributed by atoms with Gasteiger partial charge in [-0.15, -0.1) is 10.2 Å². The van der Waals surface area contributed by atoms with Crippen molar-refractivity contribution in [3.8, 4) is 22.5 Å². The smallest absolute Gasteiger partial charge is 0.350 e. The number of carbonyl (C=O) groups is 1. The maximum Gasteiger partial charge on any atom is 0.350 e. The monoisotopic (exact) mass is 595 g/mol. The number of pyridine rings is 1. The molecule has 0 bridgehead atoms. The van der Waals surface area contributed by atoms with Crippen LogP contribution >= 0.6 is 0 Å². The molecule has 44 heavy (non-hydrogen) atoms. The number of alkyl halides is 2. The van der Waals surface area contributed by atoms with Crippen molar-refractivity contribution >= 4 is 16.9 Å². The van der Waals surface area contributed by atoms with Crippen LogP contribution in [0.2, 0.25) is 0 Å². The Labute approximate surface area is 250 Å². The number of tetrazole rings is 1. The van der Waals surface area contributed by atoms with E-state index in [9.17, 15) is 13.6 Å². The number of nitrogens with zero attached hydrogens (tertiary/aromatic N) is 9. The van der Waals surface area contributed by atoms with Crippen LogP contribution in [0.1, 0.15) is 34.5 Å². The van der Waals surface area contributed by atoms with Crippen molar-refractivity contribution in [1.29, 1.82) is 0 Å². The summed E-state index contributed by atoms with van der Waals surface area (Å²) in [5.74, 6) is 0.628. The minimum absolute atomic E-state index is 0.184. The van der Waals surface area contributed by atoms with Crippen molar-refractivity contribution in [3.63, 3.8) is 0 Å². The van der Waals surface area contributed by atoms with E-state index in [0.717, 1.165) is 33.2 Å². The second-order valence-electron chi connectivity index (χ2n) is 10.6. The quantitative estimate of drug-likeness (QED) is 0.258. The van der Waals surface area contributed by atoms with E-state index in [1.807, 2.05) is 74.0 Å². The largest absolute Gasteiger partial charge is 0.456 e. The SMILES string of the molecule is Cn1cc(-c2ccc3oc(-c4ccnc(C(=O)N5CCN(C(c6ccccc6)c6nnn(C(F)F)n6)CC5)c4)cc3c2)cn1. The molecule has 0 N–H and O–H groups in total. The Bertz CT molecular complexity index is 1930. The van der Waals surface area contributed by atoms with Crippen molar-refractivity contribution in [2.24, 2.45) is 7.05 Å². The molecule has 1 unspecified atom stereocenters. The molecule has 0 aliphatic carbocycles. The first-order chi connectivity index (χ1) is 21.4. The van der Waals surface area contributed by atoms with E-state index in [0.29, 0.717) is 42.4 Å². The fraction of sp³-hybridized carbons (Fsp3) is 0.226. The van der Waals surface area contributed by atoms with Gasteiger partial charge in [-0.25, -0.2) is 0 Å². The molecule has 2 aromatic carbocycles. The number of carbonyl (C=O) groups excluding carboxylic acids is 1. The number of aromatic nitrogens is 7. The summed E-state index contributed by atoms with van der Waals surface area (Å²) in [5.41, 5.74) is 4.71. The Morgan fingerprint density at radius 1 is 0.932 bits per heavy atom. The van der Waals surface area contributed by atoms with Crippen LogP contribution in [-0.4, -0.2) is 76.9 Å². The number of furan rings is 1. The van der Waals surface area contributed by atoms with E-state index >= 15 is 0 Å². The van der Waals surface area contributed by atoms with Crippen LogP contribution in [0.5, 0.6) is 0 Å². The first kappa shape index (κ1) is 27.5. The number of hydrogen-bond donors (Lipinski definition) is 0. The van der Waals surface area contributed by atoms with Crippen LogP contribution in [0.15, 0.2) is 89.7 Å². The fourth-order valence-electron chi connectivity index (χ4n) is 5.57. The molecule has 0 spiro atoms. The topological polar surface area (TPSA) is 111 Å². The molecule has 0 saturated carbocycles. The van der Waals surface area contributed by atoms with Crippen molar-refractivity contribution in [2.45, 2.75) is 12.6 Å². The van der Waals surface area contributed by atoms with Gasteiger partial charge in [-0.1, -0.05) is 41.2 Å².